The number of nitrogens with zero attached hydrogens (tertiary/aromatic N) is 6. The molecule has 1 aliphatic heterocycles. The third-order valence-electron chi connectivity index (χ3n) is 4.70. The molecule has 0 spiro atoms. The average molecular weight is 386 g/mol. The Labute approximate surface area is 159 Å². The number of hydrogen-bond acceptors (Lipinski definition) is 5. The van der Waals surface area contributed by atoms with Crippen molar-refractivity contribution in [3.05, 3.63) is 53.3 Å². The Balaban J connectivity index is 1.45. The summed E-state index contributed by atoms with van der Waals surface area (Å²) in [6, 6.07) is 11.0. The van der Waals surface area contributed by atoms with E-state index in [0.717, 1.165) is 35.3 Å². The monoisotopic (exact) mass is 386 g/mol. The molecule has 0 radical (unpaired) electrons. The van der Waals surface area contributed by atoms with Gasteiger partial charge in [0, 0.05) is 38.3 Å². The van der Waals surface area contributed by atoms with E-state index in [1.54, 1.807) is 6.07 Å². The summed E-state index contributed by atoms with van der Waals surface area (Å²) in [5, 5.41) is 10.9. The number of fused-ring (bicyclic) bond motifs is 1. The van der Waals surface area contributed by atoms with E-state index in [2.05, 4.69) is 26.1 Å². The minimum absolute atomic E-state index is 0.0723. The summed E-state index contributed by atoms with van der Waals surface area (Å²) in [4.78, 5) is 4.25. The van der Waals surface area contributed by atoms with Gasteiger partial charge in [-0.1, -0.05) is 18.1 Å². The maximum atomic E-state index is 13.0. The van der Waals surface area contributed by atoms with Gasteiger partial charge >= 0.3 is 6.18 Å². The summed E-state index contributed by atoms with van der Waals surface area (Å²) in [5.74, 6) is 2.00. The molecular weight excluding hydrogens is 369 g/mol. The fourth-order valence-electron chi connectivity index (χ4n) is 3.28. The lowest BCUT2D eigenvalue weighted by molar-refractivity contribution is -0.146. The molecule has 4 rings (SSSR count). The zero-order valence-electron chi connectivity index (χ0n) is 14.9. The minimum atomic E-state index is -4.60. The number of halogens is 3. The van der Waals surface area contributed by atoms with Gasteiger partial charge in [-0.3, -0.25) is 4.90 Å². The lowest BCUT2D eigenvalue weighted by atomic mass is 10.1. The topological polar surface area (TPSA) is 49.6 Å². The maximum Gasteiger partial charge on any atom is 0.453 e. The van der Waals surface area contributed by atoms with Crippen molar-refractivity contribution in [2.75, 3.05) is 31.1 Å². The molecule has 0 aliphatic carbocycles. The van der Waals surface area contributed by atoms with Gasteiger partial charge in [0.25, 0.3) is 5.82 Å². The van der Waals surface area contributed by atoms with E-state index in [1.807, 2.05) is 29.2 Å². The van der Waals surface area contributed by atoms with Crippen molar-refractivity contribution >= 4 is 11.5 Å². The molecule has 28 heavy (non-hydrogen) atoms. The molecule has 144 valence electrons. The number of benzene rings is 1. The third-order valence-corrected chi connectivity index (χ3v) is 4.70. The molecule has 9 heteroatoms. The minimum Gasteiger partial charge on any atom is -0.353 e. The van der Waals surface area contributed by atoms with E-state index in [-0.39, 0.29) is 5.65 Å². The van der Waals surface area contributed by atoms with Crippen LogP contribution in [-0.4, -0.2) is 50.9 Å². The van der Waals surface area contributed by atoms with Gasteiger partial charge in [-0.05, 0) is 29.8 Å². The molecule has 1 saturated heterocycles. The Hall–Kier alpha value is -3.12. The first-order valence-corrected chi connectivity index (χ1v) is 8.76. The van der Waals surface area contributed by atoms with Gasteiger partial charge in [0.15, 0.2) is 5.65 Å². The van der Waals surface area contributed by atoms with Crippen LogP contribution in [0.5, 0.6) is 0 Å². The molecule has 3 heterocycles. The molecule has 0 unspecified atom stereocenters. The number of hydrogen-bond donors (Lipinski definition) is 0. The van der Waals surface area contributed by atoms with Crippen molar-refractivity contribution in [2.24, 2.45) is 0 Å². The van der Waals surface area contributed by atoms with E-state index < -0.39 is 12.0 Å². The van der Waals surface area contributed by atoms with Gasteiger partial charge in [-0.15, -0.1) is 21.7 Å². The summed E-state index contributed by atoms with van der Waals surface area (Å²) in [5.41, 5.74) is 2.06. The molecular formula is C19H17F3N6. The molecule has 1 fully saturated rings. The van der Waals surface area contributed by atoms with E-state index in [0.29, 0.717) is 18.9 Å². The highest BCUT2D eigenvalue weighted by atomic mass is 19.4. The van der Waals surface area contributed by atoms with E-state index >= 15 is 0 Å². The van der Waals surface area contributed by atoms with Crippen LogP contribution in [0.25, 0.3) is 5.65 Å². The van der Waals surface area contributed by atoms with Gasteiger partial charge in [-0.25, -0.2) is 0 Å². The summed E-state index contributed by atoms with van der Waals surface area (Å²) in [6.07, 6.45) is 0.845. The van der Waals surface area contributed by atoms with Gasteiger partial charge in [0.05, 0.1) is 0 Å². The van der Waals surface area contributed by atoms with E-state index in [4.69, 9.17) is 6.42 Å². The fraction of sp³-hybridized carbons (Fsp3) is 0.316. The highest BCUT2D eigenvalue weighted by molar-refractivity contribution is 5.46. The van der Waals surface area contributed by atoms with Gasteiger partial charge in [0.1, 0.15) is 5.82 Å². The third kappa shape index (κ3) is 3.64. The van der Waals surface area contributed by atoms with Crippen molar-refractivity contribution in [2.45, 2.75) is 12.7 Å². The van der Waals surface area contributed by atoms with Crippen LogP contribution in [0.4, 0.5) is 19.0 Å². The summed E-state index contributed by atoms with van der Waals surface area (Å²) in [7, 11) is 0. The van der Waals surface area contributed by atoms with Crippen LogP contribution in [-0.2, 0) is 12.7 Å². The maximum absolute atomic E-state index is 13.0. The first kappa shape index (κ1) is 18.3. The van der Waals surface area contributed by atoms with Gasteiger partial charge in [-0.2, -0.15) is 17.7 Å². The van der Waals surface area contributed by atoms with Crippen LogP contribution in [0, 0.1) is 12.3 Å². The fourth-order valence-corrected chi connectivity index (χ4v) is 3.28. The number of anilines is 1. The largest absolute Gasteiger partial charge is 0.453 e. The second-order valence-corrected chi connectivity index (χ2v) is 6.59. The normalized spacial score (nSPS) is 15.7. The van der Waals surface area contributed by atoms with Crippen LogP contribution in [0.1, 0.15) is 17.0 Å². The lowest BCUT2D eigenvalue weighted by Crippen LogP contribution is -2.46. The molecule has 0 amide bonds. The number of piperazine rings is 1. The van der Waals surface area contributed by atoms with Crippen LogP contribution >= 0.6 is 0 Å². The summed E-state index contributed by atoms with van der Waals surface area (Å²) >= 11 is 0. The number of aromatic nitrogens is 4. The smallest absolute Gasteiger partial charge is 0.353 e. The van der Waals surface area contributed by atoms with Crippen molar-refractivity contribution < 1.29 is 13.2 Å². The second kappa shape index (κ2) is 7.13. The molecule has 0 N–H and O–H groups in total. The van der Waals surface area contributed by atoms with E-state index in [1.165, 1.54) is 6.07 Å². The Morgan fingerprint density at radius 3 is 2.54 bits per heavy atom. The van der Waals surface area contributed by atoms with Gasteiger partial charge in [0.2, 0.25) is 0 Å². The molecule has 1 aliphatic rings. The first-order chi connectivity index (χ1) is 13.4. The van der Waals surface area contributed by atoms with Gasteiger partial charge < -0.3 is 4.90 Å². The molecule has 2 aromatic heterocycles. The Morgan fingerprint density at radius 1 is 1.04 bits per heavy atom. The molecule has 0 atom stereocenters. The van der Waals surface area contributed by atoms with Crippen LogP contribution in [0.3, 0.4) is 0 Å². The predicted octanol–water partition coefficient (Wildman–Crippen LogP) is 2.45. The average Bonchev–Trinajstić information content (AvgIpc) is 3.12. The van der Waals surface area contributed by atoms with Crippen molar-refractivity contribution in [3.63, 3.8) is 0 Å². The first-order valence-electron chi connectivity index (χ1n) is 8.76. The zero-order chi connectivity index (χ0) is 19.7. The molecule has 6 nitrogen and oxygen atoms in total. The molecule has 0 bridgehead atoms. The zero-order valence-corrected chi connectivity index (χ0v) is 14.9. The van der Waals surface area contributed by atoms with Crippen molar-refractivity contribution in [1.29, 1.82) is 0 Å². The standard InChI is InChI=1S/C19H17F3N6/c1-2-14-4-3-5-15(12-14)13-26-8-10-27(11-9-26)17-7-6-16-23-24-18(19(20,21)22)28(16)25-17/h1,3-7,12H,8-11,13H2. The highest BCUT2D eigenvalue weighted by Crippen LogP contribution is 2.28. The molecule has 0 saturated carbocycles. The quantitative estimate of drug-likeness (QED) is 0.648. The highest BCUT2D eigenvalue weighted by Gasteiger charge is 2.37. The number of rotatable bonds is 3. The molecule has 3 aromatic rings. The number of alkyl halides is 3. The van der Waals surface area contributed by atoms with Crippen molar-refractivity contribution in [1.82, 2.24) is 24.7 Å². The summed E-state index contributed by atoms with van der Waals surface area (Å²) in [6.45, 7) is 3.65. The predicted molar refractivity (Wildman–Crippen MR) is 97.7 cm³/mol. The van der Waals surface area contributed by atoms with Crippen molar-refractivity contribution in [3.8, 4) is 12.3 Å². The Kier molecular flexibility index (Phi) is 4.65. The molecule has 1 aromatic carbocycles. The summed E-state index contributed by atoms with van der Waals surface area (Å²) < 4.78 is 39.9. The van der Waals surface area contributed by atoms with E-state index in [9.17, 15) is 13.2 Å². The number of terminal acetylenes is 1. The second-order valence-electron chi connectivity index (χ2n) is 6.59. The van der Waals surface area contributed by atoms with Crippen LogP contribution in [0.15, 0.2) is 36.4 Å². The lowest BCUT2D eigenvalue weighted by Gasteiger charge is -2.35. The van der Waals surface area contributed by atoms with Crippen LogP contribution in [0.2, 0.25) is 0 Å². The SMILES string of the molecule is C#Cc1cccc(CN2CCN(c3ccc4nnc(C(F)(F)F)n4n3)CC2)c1. The Morgan fingerprint density at radius 2 is 1.82 bits per heavy atom. The van der Waals surface area contributed by atoms with Crippen LogP contribution < -0.4 is 4.90 Å². The Bertz CT molecular complexity index is 1030.